The van der Waals surface area contributed by atoms with E-state index in [4.69, 9.17) is 4.52 Å². The van der Waals surface area contributed by atoms with E-state index in [1.165, 1.54) is 6.20 Å². The van der Waals surface area contributed by atoms with Gasteiger partial charge in [-0.05, 0) is 12.0 Å². The van der Waals surface area contributed by atoms with Crippen molar-refractivity contribution < 1.29 is 14.1 Å². The number of hydrogen-bond acceptors (Lipinski definition) is 5. The Morgan fingerprint density at radius 2 is 2.00 bits per heavy atom. The summed E-state index contributed by atoms with van der Waals surface area (Å²) in [5.74, 6) is -0.0262. The standard InChI is InChI=1S/C18H19N4O3/c23-16-14(12-13-4-2-1-3-5-13)20-18(21-16)7-10-22(11-8-18)17(24)15-6-9-19-25-15/h1-6,9,14,20H,7-8,10-12H2. The zero-order valence-electron chi connectivity index (χ0n) is 13.7. The molecule has 0 saturated carbocycles. The molecule has 25 heavy (non-hydrogen) atoms. The maximum atomic E-state index is 12.3. The molecule has 2 amide bonds. The van der Waals surface area contributed by atoms with Crippen LogP contribution in [0.25, 0.3) is 0 Å². The van der Waals surface area contributed by atoms with Crippen LogP contribution in [-0.4, -0.2) is 46.7 Å². The Bertz CT molecular complexity index is 752. The first-order valence-electron chi connectivity index (χ1n) is 8.44. The van der Waals surface area contributed by atoms with E-state index in [2.05, 4.69) is 15.8 Å². The number of rotatable bonds is 3. The highest BCUT2D eigenvalue weighted by Gasteiger charge is 2.47. The molecule has 3 heterocycles. The summed E-state index contributed by atoms with van der Waals surface area (Å²) in [5.41, 5.74) is 0.563. The normalized spacial score (nSPS) is 22.2. The molecule has 1 N–H and O–H groups in total. The topological polar surface area (TPSA) is 89.5 Å². The number of carbonyl (C=O) groups is 2. The summed E-state index contributed by atoms with van der Waals surface area (Å²) in [6.45, 7) is 1.06. The van der Waals surface area contributed by atoms with Crippen molar-refractivity contribution in [1.82, 2.24) is 20.7 Å². The number of amides is 2. The Morgan fingerprint density at radius 1 is 1.24 bits per heavy atom. The molecular weight excluding hydrogens is 320 g/mol. The summed E-state index contributed by atoms with van der Waals surface area (Å²) in [6.07, 6.45) is 3.32. The Labute approximate surface area is 145 Å². The summed E-state index contributed by atoms with van der Waals surface area (Å²) in [4.78, 5) is 26.3. The average molecular weight is 339 g/mol. The van der Waals surface area contributed by atoms with E-state index >= 15 is 0 Å². The Morgan fingerprint density at radius 3 is 2.68 bits per heavy atom. The highest BCUT2D eigenvalue weighted by Crippen LogP contribution is 2.27. The molecule has 1 spiro atoms. The van der Waals surface area contributed by atoms with Crippen molar-refractivity contribution in [3.05, 3.63) is 53.9 Å². The number of hydrogen-bond donors (Lipinski definition) is 1. The number of likely N-dealkylation sites (tertiary alicyclic amines) is 1. The van der Waals surface area contributed by atoms with E-state index in [0.29, 0.717) is 32.4 Å². The smallest absolute Gasteiger partial charge is 0.292 e. The summed E-state index contributed by atoms with van der Waals surface area (Å²) in [6, 6.07) is 11.2. The van der Waals surface area contributed by atoms with Crippen LogP contribution in [0.4, 0.5) is 0 Å². The van der Waals surface area contributed by atoms with Gasteiger partial charge < -0.3 is 9.42 Å². The Hall–Kier alpha value is -2.67. The van der Waals surface area contributed by atoms with Gasteiger partial charge in [0.15, 0.2) is 0 Å². The highest BCUT2D eigenvalue weighted by molar-refractivity contribution is 5.91. The Kier molecular flexibility index (Phi) is 4.01. The monoisotopic (exact) mass is 339 g/mol. The van der Waals surface area contributed by atoms with Crippen LogP contribution in [0.1, 0.15) is 29.0 Å². The minimum Gasteiger partial charge on any atom is -0.351 e. The molecule has 0 aliphatic carbocycles. The molecule has 2 aliphatic heterocycles. The van der Waals surface area contributed by atoms with Gasteiger partial charge in [-0.3, -0.25) is 14.9 Å². The largest absolute Gasteiger partial charge is 0.351 e. The van der Waals surface area contributed by atoms with Gasteiger partial charge in [-0.2, -0.15) is 0 Å². The number of benzene rings is 1. The van der Waals surface area contributed by atoms with Crippen molar-refractivity contribution in [3.8, 4) is 0 Å². The molecule has 2 aromatic rings. The highest BCUT2D eigenvalue weighted by atomic mass is 16.5. The van der Waals surface area contributed by atoms with Gasteiger partial charge in [-0.15, -0.1) is 0 Å². The van der Waals surface area contributed by atoms with Gasteiger partial charge in [0.1, 0.15) is 5.66 Å². The quantitative estimate of drug-likeness (QED) is 0.899. The summed E-state index contributed by atoms with van der Waals surface area (Å²) in [5, 5.41) is 11.4. The molecule has 129 valence electrons. The number of nitrogens with zero attached hydrogens (tertiary/aromatic N) is 3. The van der Waals surface area contributed by atoms with Crippen LogP contribution in [0.5, 0.6) is 0 Å². The van der Waals surface area contributed by atoms with Crippen LogP contribution >= 0.6 is 0 Å². The predicted octanol–water partition coefficient (Wildman–Crippen LogP) is 0.952. The molecule has 7 heteroatoms. The molecule has 4 rings (SSSR count). The maximum Gasteiger partial charge on any atom is 0.292 e. The predicted molar refractivity (Wildman–Crippen MR) is 88.6 cm³/mol. The second kappa shape index (κ2) is 6.33. The van der Waals surface area contributed by atoms with Crippen LogP contribution < -0.4 is 10.6 Å². The number of piperidine rings is 1. The Balaban J connectivity index is 1.38. The lowest BCUT2D eigenvalue weighted by Gasteiger charge is -2.37. The van der Waals surface area contributed by atoms with Crippen molar-refractivity contribution in [2.24, 2.45) is 0 Å². The van der Waals surface area contributed by atoms with Crippen molar-refractivity contribution in [3.63, 3.8) is 0 Å². The van der Waals surface area contributed by atoms with Gasteiger partial charge >= 0.3 is 0 Å². The van der Waals surface area contributed by atoms with E-state index in [1.54, 1.807) is 11.0 Å². The van der Waals surface area contributed by atoms with Crippen LogP contribution in [0.3, 0.4) is 0 Å². The number of carbonyl (C=O) groups excluding carboxylic acids is 2. The third-order valence-electron chi connectivity index (χ3n) is 4.87. The minimum atomic E-state index is -0.547. The van der Waals surface area contributed by atoms with Gasteiger partial charge in [-0.1, -0.05) is 35.5 Å². The maximum absolute atomic E-state index is 12.3. The first-order chi connectivity index (χ1) is 12.2. The summed E-state index contributed by atoms with van der Waals surface area (Å²) < 4.78 is 4.93. The van der Waals surface area contributed by atoms with Crippen LogP contribution in [0.2, 0.25) is 0 Å². The second-order valence-electron chi connectivity index (χ2n) is 6.54. The van der Waals surface area contributed by atoms with Crippen molar-refractivity contribution in [2.45, 2.75) is 31.0 Å². The molecular formula is C18H19N4O3. The first-order valence-corrected chi connectivity index (χ1v) is 8.44. The first kappa shape index (κ1) is 15.8. The summed E-state index contributed by atoms with van der Waals surface area (Å²) >= 11 is 0. The van der Waals surface area contributed by atoms with E-state index in [-0.39, 0.29) is 23.6 Å². The molecule has 2 aliphatic rings. The van der Waals surface area contributed by atoms with Gasteiger partial charge in [-0.25, -0.2) is 5.32 Å². The molecule has 1 unspecified atom stereocenters. The second-order valence-corrected chi connectivity index (χ2v) is 6.54. The zero-order valence-corrected chi connectivity index (χ0v) is 13.7. The van der Waals surface area contributed by atoms with E-state index in [0.717, 1.165) is 5.56 Å². The minimum absolute atomic E-state index is 0.0983. The lowest BCUT2D eigenvalue weighted by molar-refractivity contribution is -0.121. The molecule has 2 saturated heterocycles. The van der Waals surface area contributed by atoms with Crippen LogP contribution in [0.15, 0.2) is 47.1 Å². The van der Waals surface area contributed by atoms with E-state index in [1.807, 2.05) is 30.3 Å². The third kappa shape index (κ3) is 3.15. The van der Waals surface area contributed by atoms with Crippen molar-refractivity contribution in [2.75, 3.05) is 13.1 Å². The molecule has 1 radical (unpaired) electrons. The molecule has 0 bridgehead atoms. The molecule has 2 fully saturated rings. The molecule has 1 aromatic carbocycles. The van der Waals surface area contributed by atoms with Gasteiger partial charge in [0.05, 0.1) is 12.2 Å². The lowest BCUT2D eigenvalue weighted by Crippen LogP contribution is -2.56. The fraction of sp³-hybridized carbons (Fsp3) is 0.389. The van der Waals surface area contributed by atoms with Gasteiger partial charge in [0.2, 0.25) is 5.76 Å². The van der Waals surface area contributed by atoms with E-state index < -0.39 is 5.66 Å². The SMILES string of the molecule is O=C1[N]C2(CCN(C(=O)c3ccno3)CC2)NC1Cc1ccccc1. The fourth-order valence-electron chi connectivity index (χ4n) is 3.51. The van der Waals surface area contributed by atoms with E-state index in [9.17, 15) is 9.59 Å². The summed E-state index contributed by atoms with van der Waals surface area (Å²) in [7, 11) is 0. The van der Waals surface area contributed by atoms with Crippen molar-refractivity contribution >= 4 is 11.8 Å². The van der Waals surface area contributed by atoms with Crippen molar-refractivity contribution in [1.29, 1.82) is 0 Å². The molecule has 7 nitrogen and oxygen atoms in total. The molecule has 1 aromatic heterocycles. The average Bonchev–Trinajstić information content (AvgIpc) is 3.25. The zero-order chi connectivity index (χ0) is 17.3. The van der Waals surface area contributed by atoms with Crippen LogP contribution in [-0.2, 0) is 11.2 Å². The molecule has 1 atom stereocenters. The van der Waals surface area contributed by atoms with Gasteiger partial charge in [0.25, 0.3) is 11.8 Å². The number of aromatic nitrogens is 1. The van der Waals surface area contributed by atoms with Crippen LogP contribution in [0, 0.1) is 0 Å². The fourth-order valence-corrected chi connectivity index (χ4v) is 3.51. The lowest BCUT2D eigenvalue weighted by atomic mass is 9.97. The third-order valence-corrected chi connectivity index (χ3v) is 4.87. The number of nitrogens with one attached hydrogen (secondary N) is 1. The van der Waals surface area contributed by atoms with Gasteiger partial charge in [0, 0.05) is 32.0 Å².